The number of nitrogen functional groups attached to an aromatic ring is 1. The first-order valence-corrected chi connectivity index (χ1v) is 6.75. The van der Waals surface area contributed by atoms with Crippen molar-refractivity contribution in [2.24, 2.45) is 0 Å². The van der Waals surface area contributed by atoms with Crippen LogP contribution in [0.3, 0.4) is 0 Å². The van der Waals surface area contributed by atoms with Gasteiger partial charge in [-0.25, -0.2) is 9.97 Å². The minimum atomic E-state index is 0.281. The molecule has 0 saturated heterocycles. The Hall–Kier alpha value is -0.970. The van der Waals surface area contributed by atoms with E-state index in [-0.39, 0.29) is 4.75 Å². The third kappa shape index (κ3) is 3.27. The molecule has 3 N–H and O–H groups in total. The van der Waals surface area contributed by atoms with Crippen LogP contribution in [-0.4, -0.2) is 27.5 Å². The normalized spacial score (nSPS) is 11.4. The van der Waals surface area contributed by atoms with Crippen molar-refractivity contribution in [1.29, 1.82) is 0 Å². The van der Waals surface area contributed by atoms with E-state index in [2.05, 4.69) is 35.4 Å². The molecule has 1 aromatic rings. The molecule has 0 bridgehead atoms. The first-order valence-electron chi connectivity index (χ1n) is 5.52. The predicted octanol–water partition coefficient (Wildman–Crippen LogP) is 2.39. The van der Waals surface area contributed by atoms with Gasteiger partial charge in [0.15, 0.2) is 0 Å². The zero-order chi connectivity index (χ0) is 12.0. The average Bonchev–Trinajstić information content (AvgIpc) is 2.34. The van der Waals surface area contributed by atoms with E-state index in [1.807, 2.05) is 11.8 Å². The number of nitrogens with one attached hydrogen (secondary N) is 1. The minimum Gasteiger partial charge on any atom is -0.382 e. The monoisotopic (exact) mass is 240 g/mol. The predicted molar refractivity (Wildman–Crippen MR) is 71.8 cm³/mol. The van der Waals surface area contributed by atoms with Crippen molar-refractivity contribution in [3.63, 3.8) is 0 Å². The SMILES string of the molecule is CCC(CC)(CNc1cnc(N)cn1)SC. The van der Waals surface area contributed by atoms with Gasteiger partial charge in [0.25, 0.3) is 0 Å². The average molecular weight is 240 g/mol. The van der Waals surface area contributed by atoms with E-state index >= 15 is 0 Å². The molecule has 1 aromatic heterocycles. The van der Waals surface area contributed by atoms with Gasteiger partial charge in [0.05, 0.1) is 12.4 Å². The molecule has 0 fully saturated rings. The lowest BCUT2D eigenvalue weighted by Crippen LogP contribution is -2.32. The zero-order valence-electron chi connectivity index (χ0n) is 10.2. The van der Waals surface area contributed by atoms with Crippen LogP contribution in [0.5, 0.6) is 0 Å². The van der Waals surface area contributed by atoms with E-state index in [1.54, 1.807) is 12.4 Å². The lowest BCUT2D eigenvalue weighted by Gasteiger charge is -2.29. The first kappa shape index (κ1) is 13.1. The Balaban J connectivity index is 2.58. The lowest BCUT2D eigenvalue weighted by atomic mass is 10.0. The molecule has 0 aliphatic rings. The molecule has 0 radical (unpaired) electrons. The van der Waals surface area contributed by atoms with Crippen molar-refractivity contribution in [3.8, 4) is 0 Å². The number of thioether (sulfide) groups is 1. The quantitative estimate of drug-likeness (QED) is 0.799. The smallest absolute Gasteiger partial charge is 0.144 e. The van der Waals surface area contributed by atoms with E-state index in [0.717, 1.165) is 25.2 Å². The third-order valence-electron chi connectivity index (χ3n) is 2.99. The number of hydrogen-bond acceptors (Lipinski definition) is 5. The minimum absolute atomic E-state index is 0.281. The Morgan fingerprint density at radius 2 is 2.00 bits per heavy atom. The van der Waals surface area contributed by atoms with Crippen LogP contribution >= 0.6 is 11.8 Å². The van der Waals surface area contributed by atoms with E-state index in [1.165, 1.54) is 0 Å². The first-order chi connectivity index (χ1) is 7.65. The number of hydrogen-bond donors (Lipinski definition) is 2. The summed E-state index contributed by atoms with van der Waals surface area (Å²) in [5.41, 5.74) is 5.48. The molecule has 0 aliphatic heterocycles. The Kier molecular flexibility index (Phi) is 4.86. The summed E-state index contributed by atoms with van der Waals surface area (Å²) in [6.45, 7) is 5.34. The number of anilines is 2. The van der Waals surface area contributed by atoms with E-state index in [9.17, 15) is 0 Å². The van der Waals surface area contributed by atoms with Crippen LogP contribution < -0.4 is 11.1 Å². The molecule has 0 aliphatic carbocycles. The Morgan fingerprint density at radius 3 is 2.44 bits per heavy atom. The molecule has 0 spiro atoms. The van der Waals surface area contributed by atoms with E-state index in [0.29, 0.717) is 5.82 Å². The molecular formula is C11H20N4S. The summed E-state index contributed by atoms with van der Waals surface area (Å²) in [5.74, 6) is 1.24. The van der Waals surface area contributed by atoms with Crippen LogP contribution in [0.25, 0.3) is 0 Å². The Morgan fingerprint density at radius 1 is 1.31 bits per heavy atom. The van der Waals surface area contributed by atoms with Crippen molar-refractivity contribution in [2.75, 3.05) is 23.9 Å². The fourth-order valence-corrected chi connectivity index (χ4v) is 2.34. The number of nitrogens with two attached hydrogens (primary N) is 1. The Bertz CT molecular complexity index is 300. The fraction of sp³-hybridized carbons (Fsp3) is 0.636. The molecule has 0 saturated carbocycles. The van der Waals surface area contributed by atoms with Crippen molar-refractivity contribution in [3.05, 3.63) is 12.4 Å². The largest absolute Gasteiger partial charge is 0.382 e. The summed E-state index contributed by atoms with van der Waals surface area (Å²) < 4.78 is 0.281. The van der Waals surface area contributed by atoms with Crippen molar-refractivity contribution in [2.45, 2.75) is 31.4 Å². The molecule has 0 atom stereocenters. The van der Waals surface area contributed by atoms with Gasteiger partial charge in [0.1, 0.15) is 11.6 Å². The molecule has 90 valence electrons. The number of aromatic nitrogens is 2. The molecule has 1 rings (SSSR count). The molecular weight excluding hydrogens is 220 g/mol. The highest BCUT2D eigenvalue weighted by Crippen LogP contribution is 2.30. The fourth-order valence-electron chi connectivity index (χ4n) is 1.54. The van der Waals surface area contributed by atoms with Crippen molar-refractivity contribution in [1.82, 2.24) is 9.97 Å². The van der Waals surface area contributed by atoms with Gasteiger partial charge in [0.2, 0.25) is 0 Å². The summed E-state index contributed by atoms with van der Waals surface area (Å²) in [7, 11) is 0. The second-order valence-corrected chi connectivity index (χ2v) is 5.05. The second-order valence-electron chi connectivity index (χ2n) is 3.77. The second kappa shape index (κ2) is 5.94. The molecule has 0 unspecified atom stereocenters. The van der Waals surface area contributed by atoms with Gasteiger partial charge < -0.3 is 11.1 Å². The highest BCUT2D eigenvalue weighted by Gasteiger charge is 2.24. The lowest BCUT2D eigenvalue weighted by molar-refractivity contribution is 0.574. The van der Waals surface area contributed by atoms with Gasteiger partial charge in [-0.1, -0.05) is 13.8 Å². The highest BCUT2D eigenvalue weighted by atomic mass is 32.2. The summed E-state index contributed by atoms with van der Waals surface area (Å²) in [4.78, 5) is 8.18. The number of rotatable bonds is 6. The van der Waals surface area contributed by atoms with Gasteiger partial charge >= 0.3 is 0 Å². The highest BCUT2D eigenvalue weighted by molar-refractivity contribution is 8.00. The number of nitrogens with zero attached hydrogens (tertiary/aromatic N) is 2. The molecule has 4 nitrogen and oxygen atoms in total. The molecule has 0 amide bonds. The molecule has 0 aromatic carbocycles. The Labute approximate surface area is 101 Å². The van der Waals surface area contributed by atoms with Gasteiger partial charge in [-0.05, 0) is 19.1 Å². The standard InChI is InChI=1S/C11H20N4S/c1-4-11(5-2,16-3)8-15-10-7-13-9(12)6-14-10/h6-7H,4-5,8H2,1-3H3,(H2,12,13)(H,14,15). The summed E-state index contributed by atoms with van der Waals surface area (Å²) >= 11 is 1.90. The van der Waals surface area contributed by atoms with Gasteiger partial charge in [-0.3, -0.25) is 0 Å². The molecule has 1 heterocycles. The van der Waals surface area contributed by atoms with E-state index in [4.69, 9.17) is 5.73 Å². The van der Waals surface area contributed by atoms with Crippen LogP contribution in [0, 0.1) is 0 Å². The maximum absolute atomic E-state index is 5.48. The maximum atomic E-state index is 5.48. The maximum Gasteiger partial charge on any atom is 0.144 e. The van der Waals surface area contributed by atoms with Crippen molar-refractivity contribution >= 4 is 23.4 Å². The zero-order valence-corrected chi connectivity index (χ0v) is 11.0. The summed E-state index contributed by atoms with van der Waals surface area (Å²) in [6.07, 6.45) is 7.68. The van der Waals surface area contributed by atoms with Gasteiger partial charge in [0, 0.05) is 11.3 Å². The summed E-state index contributed by atoms with van der Waals surface area (Å²) in [6, 6.07) is 0. The van der Waals surface area contributed by atoms with Crippen LogP contribution in [0.1, 0.15) is 26.7 Å². The van der Waals surface area contributed by atoms with Crippen LogP contribution in [0.2, 0.25) is 0 Å². The summed E-state index contributed by atoms with van der Waals surface area (Å²) in [5, 5.41) is 3.32. The topological polar surface area (TPSA) is 63.8 Å². The van der Waals surface area contributed by atoms with Gasteiger partial charge in [-0.2, -0.15) is 11.8 Å². The van der Waals surface area contributed by atoms with Crippen LogP contribution in [0.15, 0.2) is 12.4 Å². The van der Waals surface area contributed by atoms with Crippen molar-refractivity contribution < 1.29 is 0 Å². The van der Waals surface area contributed by atoms with Crippen LogP contribution in [-0.2, 0) is 0 Å². The van der Waals surface area contributed by atoms with Crippen LogP contribution in [0.4, 0.5) is 11.6 Å². The van der Waals surface area contributed by atoms with Gasteiger partial charge in [-0.15, -0.1) is 0 Å². The third-order valence-corrected chi connectivity index (χ3v) is 4.57. The van der Waals surface area contributed by atoms with E-state index < -0.39 is 0 Å². The molecule has 5 heteroatoms. The molecule has 16 heavy (non-hydrogen) atoms.